The van der Waals surface area contributed by atoms with E-state index in [0.29, 0.717) is 12.3 Å². The second-order valence-electron chi connectivity index (χ2n) is 3.37. The summed E-state index contributed by atoms with van der Waals surface area (Å²) in [6, 6.07) is 11.4. The zero-order chi connectivity index (χ0) is 11.4. The third kappa shape index (κ3) is 1.98. The lowest BCUT2D eigenvalue weighted by molar-refractivity contribution is 0.341. The number of aromatic nitrogens is 1. The molecule has 2 N–H and O–H groups in total. The van der Waals surface area contributed by atoms with Crippen LogP contribution < -0.4 is 10.5 Å². The second kappa shape index (κ2) is 4.66. The van der Waals surface area contributed by atoms with Gasteiger partial charge in [0.25, 0.3) is 0 Å². The molecule has 0 atom stereocenters. The van der Waals surface area contributed by atoms with Gasteiger partial charge in [0.2, 0.25) is 0 Å². The first-order chi connectivity index (χ1) is 7.83. The highest BCUT2D eigenvalue weighted by atomic mass is 16.5. The first-order valence-corrected chi connectivity index (χ1v) is 5.25. The number of nitrogen functional groups attached to an aromatic ring is 1. The Morgan fingerprint density at radius 3 is 2.75 bits per heavy atom. The Morgan fingerprint density at radius 1 is 1.19 bits per heavy atom. The van der Waals surface area contributed by atoms with Crippen molar-refractivity contribution in [1.82, 2.24) is 4.98 Å². The number of nitrogens with two attached hydrogens (primary N) is 1. The van der Waals surface area contributed by atoms with Crippen molar-refractivity contribution in [1.29, 1.82) is 0 Å². The maximum atomic E-state index is 5.90. The molecule has 0 saturated carbocycles. The van der Waals surface area contributed by atoms with E-state index in [2.05, 4.69) is 4.98 Å². The summed E-state index contributed by atoms with van der Waals surface area (Å²) in [6.07, 6.45) is 1.73. The van der Waals surface area contributed by atoms with E-state index < -0.39 is 0 Å². The molecule has 0 aliphatic heterocycles. The van der Waals surface area contributed by atoms with E-state index in [-0.39, 0.29) is 0 Å². The van der Waals surface area contributed by atoms with Gasteiger partial charge in [-0.05, 0) is 31.2 Å². The molecule has 0 spiro atoms. The number of nitrogens with zero attached hydrogens (tertiary/aromatic N) is 1. The van der Waals surface area contributed by atoms with Gasteiger partial charge in [0.15, 0.2) is 0 Å². The van der Waals surface area contributed by atoms with Crippen LogP contribution in [0.1, 0.15) is 6.92 Å². The average molecular weight is 214 g/mol. The molecule has 2 rings (SSSR count). The number of hydrogen-bond donors (Lipinski definition) is 1. The fraction of sp³-hybridized carbons (Fsp3) is 0.154. The van der Waals surface area contributed by atoms with Crippen LogP contribution in [-0.4, -0.2) is 11.6 Å². The van der Waals surface area contributed by atoms with Gasteiger partial charge in [-0.2, -0.15) is 0 Å². The third-order valence-electron chi connectivity index (χ3n) is 2.28. The van der Waals surface area contributed by atoms with Crippen molar-refractivity contribution >= 4 is 5.69 Å². The van der Waals surface area contributed by atoms with Gasteiger partial charge in [0.05, 0.1) is 18.0 Å². The molecular weight excluding hydrogens is 200 g/mol. The van der Waals surface area contributed by atoms with Gasteiger partial charge in [-0.25, -0.2) is 0 Å². The van der Waals surface area contributed by atoms with E-state index in [1.807, 2.05) is 43.3 Å². The molecule has 82 valence electrons. The van der Waals surface area contributed by atoms with Crippen LogP contribution in [0, 0.1) is 0 Å². The largest absolute Gasteiger partial charge is 0.493 e. The van der Waals surface area contributed by atoms with Crippen molar-refractivity contribution in [2.45, 2.75) is 6.92 Å². The Hall–Kier alpha value is -2.03. The summed E-state index contributed by atoms with van der Waals surface area (Å²) in [4.78, 5) is 4.29. The minimum Gasteiger partial charge on any atom is -0.493 e. The van der Waals surface area contributed by atoms with E-state index in [1.54, 1.807) is 6.20 Å². The molecule has 16 heavy (non-hydrogen) atoms. The smallest absolute Gasteiger partial charge is 0.128 e. The normalized spacial score (nSPS) is 10.1. The molecule has 0 fully saturated rings. The van der Waals surface area contributed by atoms with Gasteiger partial charge in [0, 0.05) is 11.8 Å². The number of pyridine rings is 1. The molecule has 1 aromatic heterocycles. The predicted molar refractivity (Wildman–Crippen MR) is 65.3 cm³/mol. The summed E-state index contributed by atoms with van der Waals surface area (Å²) in [5.74, 6) is 0.815. The zero-order valence-corrected chi connectivity index (χ0v) is 9.18. The molecule has 1 heterocycles. The molecule has 3 heteroatoms. The fourth-order valence-corrected chi connectivity index (χ4v) is 1.59. The topological polar surface area (TPSA) is 48.1 Å². The Kier molecular flexibility index (Phi) is 3.05. The number of rotatable bonds is 3. The summed E-state index contributed by atoms with van der Waals surface area (Å²) >= 11 is 0. The standard InChI is InChI=1S/C13H14N2O/c1-2-16-12-8-4-3-6-10(12)13-11(14)7-5-9-15-13/h3-9H,2,14H2,1H3. The minimum absolute atomic E-state index is 0.629. The molecule has 0 unspecified atom stereocenters. The summed E-state index contributed by atoms with van der Waals surface area (Å²) in [6.45, 7) is 2.59. The molecule has 0 aliphatic carbocycles. The second-order valence-corrected chi connectivity index (χ2v) is 3.37. The minimum atomic E-state index is 0.629. The van der Waals surface area contributed by atoms with E-state index in [1.165, 1.54) is 0 Å². The van der Waals surface area contributed by atoms with E-state index in [0.717, 1.165) is 17.0 Å². The van der Waals surface area contributed by atoms with Crippen LogP contribution in [0.5, 0.6) is 5.75 Å². The lowest BCUT2D eigenvalue weighted by atomic mass is 10.1. The van der Waals surface area contributed by atoms with Gasteiger partial charge in [-0.1, -0.05) is 12.1 Å². The molecule has 0 aliphatic rings. The van der Waals surface area contributed by atoms with Crippen molar-refractivity contribution in [3.05, 3.63) is 42.6 Å². The van der Waals surface area contributed by atoms with Gasteiger partial charge >= 0.3 is 0 Å². The lowest BCUT2D eigenvalue weighted by Gasteiger charge is -2.10. The SMILES string of the molecule is CCOc1ccccc1-c1ncccc1N. The van der Waals surface area contributed by atoms with Gasteiger partial charge in [-0.15, -0.1) is 0 Å². The number of para-hydroxylation sites is 1. The Balaban J connectivity index is 2.51. The molecule has 0 amide bonds. The van der Waals surface area contributed by atoms with Crippen molar-refractivity contribution in [3.8, 4) is 17.0 Å². The molecule has 1 aromatic carbocycles. The first-order valence-electron chi connectivity index (χ1n) is 5.25. The fourth-order valence-electron chi connectivity index (χ4n) is 1.59. The number of anilines is 1. The number of ether oxygens (including phenoxy) is 1. The maximum Gasteiger partial charge on any atom is 0.128 e. The lowest BCUT2D eigenvalue weighted by Crippen LogP contribution is -1.97. The summed E-state index contributed by atoms with van der Waals surface area (Å²) in [7, 11) is 0. The van der Waals surface area contributed by atoms with Gasteiger partial charge in [-0.3, -0.25) is 4.98 Å². The highest BCUT2D eigenvalue weighted by Crippen LogP contribution is 2.31. The van der Waals surface area contributed by atoms with E-state index in [9.17, 15) is 0 Å². The van der Waals surface area contributed by atoms with Crippen LogP contribution in [0.4, 0.5) is 5.69 Å². The van der Waals surface area contributed by atoms with Crippen molar-refractivity contribution in [2.24, 2.45) is 0 Å². The van der Waals surface area contributed by atoms with Crippen LogP contribution in [0.15, 0.2) is 42.6 Å². The number of hydrogen-bond acceptors (Lipinski definition) is 3. The molecule has 3 nitrogen and oxygen atoms in total. The highest BCUT2D eigenvalue weighted by molar-refractivity contribution is 5.76. The Bertz CT molecular complexity index is 483. The number of benzene rings is 1. The predicted octanol–water partition coefficient (Wildman–Crippen LogP) is 2.73. The molecular formula is C13H14N2O. The van der Waals surface area contributed by atoms with Crippen LogP contribution in [0.25, 0.3) is 11.3 Å². The zero-order valence-electron chi connectivity index (χ0n) is 9.18. The maximum absolute atomic E-state index is 5.90. The van der Waals surface area contributed by atoms with Crippen LogP contribution in [0.3, 0.4) is 0 Å². The highest BCUT2D eigenvalue weighted by Gasteiger charge is 2.08. The average Bonchev–Trinajstić information content (AvgIpc) is 2.31. The molecule has 2 aromatic rings. The van der Waals surface area contributed by atoms with Crippen molar-refractivity contribution in [2.75, 3.05) is 12.3 Å². The van der Waals surface area contributed by atoms with E-state index >= 15 is 0 Å². The van der Waals surface area contributed by atoms with Crippen LogP contribution in [0.2, 0.25) is 0 Å². The van der Waals surface area contributed by atoms with Crippen molar-refractivity contribution in [3.63, 3.8) is 0 Å². The molecule has 0 radical (unpaired) electrons. The Morgan fingerprint density at radius 2 is 2.00 bits per heavy atom. The summed E-state index contributed by atoms with van der Waals surface area (Å²) in [5.41, 5.74) is 8.26. The van der Waals surface area contributed by atoms with Crippen LogP contribution >= 0.6 is 0 Å². The molecule has 0 saturated heterocycles. The molecule has 0 bridgehead atoms. The van der Waals surface area contributed by atoms with Crippen molar-refractivity contribution < 1.29 is 4.74 Å². The monoisotopic (exact) mass is 214 g/mol. The third-order valence-corrected chi connectivity index (χ3v) is 2.28. The first kappa shape index (κ1) is 10.5. The van der Waals surface area contributed by atoms with Gasteiger partial charge < -0.3 is 10.5 Å². The summed E-state index contributed by atoms with van der Waals surface area (Å²) < 4.78 is 5.55. The van der Waals surface area contributed by atoms with Crippen LogP contribution in [-0.2, 0) is 0 Å². The summed E-state index contributed by atoms with van der Waals surface area (Å²) in [5, 5.41) is 0. The van der Waals surface area contributed by atoms with Gasteiger partial charge in [0.1, 0.15) is 5.75 Å². The quantitative estimate of drug-likeness (QED) is 0.854. The Labute approximate surface area is 94.9 Å². The van der Waals surface area contributed by atoms with E-state index in [4.69, 9.17) is 10.5 Å².